The molecule has 0 saturated carbocycles. The van der Waals surface area contributed by atoms with Gasteiger partial charge in [-0.15, -0.1) is 6.58 Å². The number of ether oxygens (including phenoxy) is 2. The van der Waals surface area contributed by atoms with Crippen LogP contribution < -0.4 is 0 Å². The molecule has 0 aliphatic carbocycles. The Morgan fingerprint density at radius 2 is 2.00 bits per heavy atom. The van der Waals surface area contributed by atoms with Crippen molar-refractivity contribution in [1.82, 2.24) is 0 Å². The van der Waals surface area contributed by atoms with Crippen molar-refractivity contribution < 1.29 is 19.7 Å². The van der Waals surface area contributed by atoms with Gasteiger partial charge < -0.3 is 19.7 Å². The van der Waals surface area contributed by atoms with Crippen LogP contribution in [0.3, 0.4) is 0 Å². The van der Waals surface area contributed by atoms with Gasteiger partial charge in [0.25, 0.3) is 0 Å². The maximum absolute atomic E-state index is 9.18. The van der Waals surface area contributed by atoms with E-state index in [1.165, 1.54) is 0 Å². The van der Waals surface area contributed by atoms with Gasteiger partial charge >= 0.3 is 0 Å². The number of hydrogen-bond acceptors (Lipinski definition) is 4. The van der Waals surface area contributed by atoms with Gasteiger partial charge in [-0.25, -0.2) is 0 Å². The van der Waals surface area contributed by atoms with Crippen molar-refractivity contribution >= 4 is 0 Å². The first kappa shape index (κ1) is 16.2. The first-order valence-electron chi connectivity index (χ1n) is 5.91. The lowest BCUT2D eigenvalue weighted by molar-refractivity contribution is -0.00268. The minimum Gasteiger partial charge on any atom is -0.501 e. The molecule has 4 heteroatoms. The molecule has 0 spiro atoms. The van der Waals surface area contributed by atoms with Crippen molar-refractivity contribution in [3.05, 3.63) is 25.0 Å². The van der Waals surface area contributed by atoms with Gasteiger partial charge in [0, 0.05) is 0 Å². The lowest BCUT2D eigenvalue weighted by Gasteiger charge is -2.27. The van der Waals surface area contributed by atoms with E-state index in [9.17, 15) is 10.2 Å². The third kappa shape index (κ3) is 7.15. The SMILES string of the molecule is C=CCOCCC=COCC(CC)(CO)CO. The second kappa shape index (κ2) is 10.3. The Morgan fingerprint density at radius 1 is 1.29 bits per heavy atom. The van der Waals surface area contributed by atoms with Crippen molar-refractivity contribution in [2.45, 2.75) is 19.8 Å². The summed E-state index contributed by atoms with van der Waals surface area (Å²) in [5, 5.41) is 18.4. The topological polar surface area (TPSA) is 58.9 Å². The van der Waals surface area contributed by atoms with Crippen molar-refractivity contribution in [3.63, 3.8) is 0 Å². The molecule has 0 aliphatic heterocycles. The van der Waals surface area contributed by atoms with Crippen LogP contribution in [0.5, 0.6) is 0 Å². The summed E-state index contributed by atoms with van der Waals surface area (Å²) < 4.78 is 10.5. The van der Waals surface area contributed by atoms with E-state index in [1.54, 1.807) is 12.3 Å². The smallest absolute Gasteiger partial charge is 0.0973 e. The van der Waals surface area contributed by atoms with Gasteiger partial charge in [0.15, 0.2) is 0 Å². The summed E-state index contributed by atoms with van der Waals surface area (Å²) in [6.45, 7) is 6.83. The van der Waals surface area contributed by atoms with E-state index >= 15 is 0 Å². The summed E-state index contributed by atoms with van der Waals surface area (Å²) in [5.41, 5.74) is -0.538. The van der Waals surface area contributed by atoms with Crippen molar-refractivity contribution in [2.75, 3.05) is 33.0 Å². The normalized spacial score (nSPS) is 11.9. The van der Waals surface area contributed by atoms with Crippen LogP contribution >= 0.6 is 0 Å². The molecule has 17 heavy (non-hydrogen) atoms. The predicted molar refractivity (Wildman–Crippen MR) is 67.6 cm³/mol. The molecule has 0 aromatic carbocycles. The van der Waals surface area contributed by atoms with E-state index < -0.39 is 5.41 Å². The molecule has 0 unspecified atom stereocenters. The predicted octanol–water partition coefficient (Wildman–Crippen LogP) is 1.49. The molecule has 0 heterocycles. The second-order valence-corrected chi connectivity index (χ2v) is 4.00. The Labute approximate surface area is 104 Å². The molecule has 0 radical (unpaired) electrons. The zero-order chi connectivity index (χ0) is 13.0. The molecule has 100 valence electrons. The average Bonchev–Trinajstić information content (AvgIpc) is 2.38. The molecule has 0 amide bonds. The van der Waals surface area contributed by atoms with Crippen LogP contribution in [0, 0.1) is 5.41 Å². The highest BCUT2D eigenvalue weighted by Crippen LogP contribution is 2.20. The minimum absolute atomic E-state index is 0.0731. The first-order chi connectivity index (χ1) is 8.24. The van der Waals surface area contributed by atoms with E-state index in [0.717, 1.165) is 6.42 Å². The summed E-state index contributed by atoms with van der Waals surface area (Å²) in [6.07, 6.45) is 6.60. The average molecular weight is 244 g/mol. The van der Waals surface area contributed by atoms with Crippen LogP contribution in [0.1, 0.15) is 19.8 Å². The van der Waals surface area contributed by atoms with Crippen LogP contribution in [0.15, 0.2) is 25.0 Å². The van der Waals surface area contributed by atoms with E-state index in [-0.39, 0.29) is 13.2 Å². The van der Waals surface area contributed by atoms with Crippen LogP contribution in [0.2, 0.25) is 0 Å². The quantitative estimate of drug-likeness (QED) is 0.328. The molecule has 0 atom stereocenters. The molecule has 0 aliphatic rings. The number of aliphatic hydroxyl groups excluding tert-OH is 2. The Kier molecular flexibility index (Phi) is 9.81. The van der Waals surface area contributed by atoms with Crippen LogP contribution in [-0.2, 0) is 9.47 Å². The molecule has 0 rings (SSSR count). The van der Waals surface area contributed by atoms with Crippen molar-refractivity contribution in [2.24, 2.45) is 5.41 Å². The third-order valence-electron chi connectivity index (χ3n) is 2.67. The maximum Gasteiger partial charge on any atom is 0.0973 e. The standard InChI is InChI=1S/C13H24O4/c1-3-7-16-8-5-6-9-17-12-13(4-2,10-14)11-15/h3,6,9,14-15H,1,4-5,7-8,10-12H2,2H3. The van der Waals surface area contributed by atoms with Gasteiger partial charge in [-0.2, -0.15) is 0 Å². The van der Waals surface area contributed by atoms with Crippen LogP contribution in [0.4, 0.5) is 0 Å². The largest absolute Gasteiger partial charge is 0.501 e. The first-order valence-corrected chi connectivity index (χ1v) is 5.91. The summed E-state index contributed by atoms with van der Waals surface area (Å²) in [5.74, 6) is 0. The van der Waals surface area contributed by atoms with Crippen LogP contribution in [0.25, 0.3) is 0 Å². The van der Waals surface area contributed by atoms with Gasteiger partial charge in [-0.3, -0.25) is 0 Å². The fourth-order valence-electron chi connectivity index (χ4n) is 1.15. The third-order valence-corrected chi connectivity index (χ3v) is 2.67. The molecular weight excluding hydrogens is 220 g/mol. The maximum atomic E-state index is 9.18. The molecule has 0 aromatic heterocycles. The molecule has 0 aromatic rings. The fraction of sp³-hybridized carbons (Fsp3) is 0.692. The van der Waals surface area contributed by atoms with E-state index in [4.69, 9.17) is 9.47 Å². The lowest BCUT2D eigenvalue weighted by atomic mass is 9.88. The summed E-state index contributed by atoms with van der Waals surface area (Å²) in [6, 6.07) is 0. The number of rotatable bonds is 11. The van der Waals surface area contributed by atoms with Gasteiger partial charge in [0.1, 0.15) is 0 Å². The monoisotopic (exact) mass is 244 g/mol. The highest BCUT2D eigenvalue weighted by Gasteiger charge is 2.27. The van der Waals surface area contributed by atoms with E-state index in [2.05, 4.69) is 6.58 Å². The van der Waals surface area contributed by atoms with E-state index in [0.29, 0.717) is 26.2 Å². The fourth-order valence-corrected chi connectivity index (χ4v) is 1.15. The number of aliphatic hydroxyl groups is 2. The second-order valence-electron chi connectivity index (χ2n) is 4.00. The summed E-state index contributed by atoms with van der Waals surface area (Å²) >= 11 is 0. The molecule has 0 bridgehead atoms. The van der Waals surface area contributed by atoms with Gasteiger partial charge in [0.2, 0.25) is 0 Å². The van der Waals surface area contributed by atoms with Crippen molar-refractivity contribution in [1.29, 1.82) is 0 Å². The Morgan fingerprint density at radius 3 is 2.53 bits per heavy atom. The molecular formula is C13H24O4. The zero-order valence-electron chi connectivity index (χ0n) is 10.6. The molecule has 4 nitrogen and oxygen atoms in total. The van der Waals surface area contributed by atoms with Crippen molar-refractivity contribution in [3.8, 4) is 0 Å². The summed E-state index contributed by atoms with van der Waals surface area (Å²) in [4.78, 5) is 0. The summed E-state index contributed by atoms with van der Waals surface area (Å²) in [7, 11) is 0. The van der Waals surface area contributed by atoms with Gasteiger partial charge in [-0.1, -0.05) is 13.0 Å². The number of hydrogen-bond donors (Lipinski definition) is 2. The molecule has 0 saturated heterocycles. The minimum atomic E-state index is -0.538. The molecule has 2 N–H and O–H groups in total. The Bertz CT molecular complexity index is 201. The zero-order valence-corrected chi connectivity index (χ0v) is 10.6. The Hall–Kier alpha value is -0.840. The molecule has 0 fully saturated rings. The Balaban J connectivity index is 3.66. The van der Waals surface area contributed by atoms with Gasteiger partial charge in [-0.05, 0) is 18.9 Å². The highest BCUT2D eigenvalue weighted by molar-refractivity contribution is 4.79. The lowest BCUT2D eigenvalue weighted by Crippen LogP contribution is -2.33. The highest BCUT2D eigenvalue weighted by atomic mass is 16.5. The van der Waals surface area contributed by atoms with E-state index in [1.807, 2.05) is 13.0 Å². The van der Waals surface area contributed by atoms with Crippen LogP contribution in [-0.4, -0.2) is 43.2 Å². The van der Waals surface area contributed by atoms with Gasteiger partial charge in [0.05, 0.1) is 44.7 Å².